The van der Waals surface area contributed by atoms with E-state index in [1.165, 1.54) is 11.8 Å². The van der Waals surface area contributed by atoms with E-state index in [1.807, 2.05) is 97.1 Å². The molecule has 1 N–H and O–H groups in total. The van der Waals surface area contributed by atoms with E-state index in [0.717, 1.165) is 27.3 Å². The summed E-state index contributed by atoms with van der Waals surface area (Å²) in [7, 11) is 0. The molecule has 0 bridgehead atoms. The van der Waals surface area contributed by atoms with Crippen molar-refractivity contribution in [2.24, 2.45) is 0 Å². The summed E-state index contributed by atoms with van der Waals surface area (Å²) in [5, 5.41) is 11.5. The highest BCUT2D eigenvalue weighted by molar-refractivity contribution is 7.99. The van der Waals surface area contributed by atoms with Gasteiger partial charge in [-0.2, -0.15) is 0 Å². The first-order valence-corrected chi connectivity index (χ1v) is 12.7. The van der Waals surface area contributed by atoms with Crippen LogP contribution in [0.15, 0.2) is 108 Å². The van der Waals surface area contributed by atoms with Crippen LogP contribution in [0.4, 0.5) is 0 Å². The summed E-state index contributed by atoms with van der Waals surface area (Å²) < 4.78 is 25.3. The summed E-state index contributed by atoms with van der Waals surface area (Å²) in [6.45, 7) is 0.347. The first-order chi connectivity index (χ1) is 17.3. The molecule has 0 aromatic heterocycles. The lowest BCUT2D eigenvalue weighted by molar-refractivity contribution is -0.314. The van der Waals surface area contributed by atoms with E-state index < -0.39 is 30.0 Å². The number of aliphatic hydroxyl groups is 1. The van der Waals surface area contributed by atoms with E-state index >= 15 is 0 Å². The molecule has 4 aliphatic rings. The van der Waals surface area contributed by atoms with Gasteiger partial charge in [0.15, 0.2) is 12.4 Å². The number of fused-ring (bicyclic) bond motifs is 2. The maximum atomic E-state index is 11.5. The van der Waals surface area contributed by atoms with E-state index in [9.17, 15) is 5.11 Å². The maximum Gasteiger partial charge on any atom is 0.184 e. The monoisotopic (exact) mass is 486 g/mol. The summed E-state index contributed by atoms with van der Waals surface area (Å²) in [5.74, 6) is 0.718. The van der Waals surface area contributed by atoms with E-state index in [2.05, 4.69) is 6.07 Å². The molecule has 0 spiro atoms. The van der Waals surface area contributed by atoms with Crippen molar-refractivity contribution in [1.82, 2.24) is 0 Å². The summed E-state index contributed by atoms with van der Waals surface area (Å²) in [5.41, 5.74) is 2.46. The number of hydrogen-bond acceptors (Lipinski definition) is 6. The van der Waals surface area contributed by atoms with Gasteiger partial charge in [0.25, 0.3) is 0 Å². The number of rotatable bonds is 5. The SMILES string of the molecule is O[C@@H]1[C@@H](Oc2ccc3cccccc2-3)[C@H]2OC(c3ccccc3)OC[C@H]2O[C@H]1Sc1ccccc1. The predicted octanol–water partition coefficient (Wildman–Crippen LogP) is 5.53. The van der Waals surface area contributed by atoms with Gasteiger partial charge in [-0.3, -0.25) is 0 Å². The first-order valence-electron chi connectivity index (χ1n) is 11.8. The Labute approximate surface area is 208 Å². The van der Waals surface area contributed by atoms with Crippen LogP contribution in [0.5, 0.6) is 5.75 Å². The van der Waals surface area contributed by atoms with Crippen LogP contribution >= 0.6 is 11.8 Å². The lowest BCUT2D eigenvalue weighted by Gasteiger charge is -2.47. The molecule has 6 rings (SSSR count). The zero-order chi connectivity index (χ0) is 23.6. The van der Waals surface area contributed by atoms with Crippen LogP contribution < -0.4 is 4.74 Å². The summed E-state index contributed by atoms with van der Waals surface area (Å²) in [6, 6.07) is 33.8. The third-order valence-electron chi connectivity index (χ3n) is 6.39. The minimum Gasteiger partial charge on any atom is -0.484 e. The number of thioether (sulfide) groups is 1. The largest absolute Gasteiger partial charge is 0.484 e. The number of benzene rings is 2. The van der Waals surface area contributed by atoms with Gasteiger partial charge in [0, 0.05) is 16.0 Å². The minimum absolute atomic E-state index is 0.347. The Morgan fingerprint density at radius 2 is 1.49 bits per heavy atom. The van der Waals surface area contributed by atoms with Crippen molar-refractivity contribution in [2.45, 2.75) is 41.0 Å². The molecular formula is C29H26O5S. The zero-order valence-electron chi connectivity index (χ0n) is 19.0. The van der Waals surface area contributed by atoms with Crippen LogP contribution in [0.25, 0.3) is 11.1 Å². The topological polar surface area (TPSA) is 57.2 Å². The van der Waals surface area contributed by atoms with Crippen molar-refractivity contribution in [2.75, 3.05) is 6.61 Å². The molecule has 2 fully saturated rings. The molecule has 2 aromatic carbocycles. The molecule has 2 saturated heterocycles. The highest BCUT2D eigenvalue weighted by Gasteiger charge is 2.51. The standard InChI is InChI=1S/C29H26O5S/c30-25-27(32-23-17-16-19-10-4-2-9-15-22(19)23)26-24(33-29(25)35-21-13-7-3-8-14-21)18-31-28(34-26)20-11-5-1-6-12-20/h1-17,24-30H,18H2/t24-,25-,26+,27-,28?,29+/m1/s1. The van der Waals surface area contributed by atoms with Gasteiger partial charge in [-0.15, -0.1) is 0 Å². The van der Waals surface area contributed by atoms with Crippen LogP contribution in [0.2, 0.25) is 0 Å². The van der Waals surface area contributed by atoms with Crippen LogP contribution in [0, 0.1) is 0 Å². The second-order valence-electron chi connectivity index (χ2n) is 8.70. The third kappa shape index (κ3) is 4.68. The molecule has 0 radical (unpaired) electrons. The molecule has 2 heterocycles. The molecule has 2 aliphatic heterocycles. The third-order valence-corrected chi connectivity index (χ3v) is 7.56. The zero-order valence-corrected chi connectivity index (χ0v) is 19.8. The normalized spacial score (nSPS) is 28.4. The van der Waals surface area contributed by atoms with Gasteiger partial charge in [-0.25, -0.2) is 0 Å². The second kappa shape index (κ2) is 10.0. The second-order valence-corrected chi connectivity index (χ2v) is 9.87. The van der Waals surface area contributed by atoms with Crippen molar-refractivity contribution >= 4 is 11.8 Å². The van der Waals surface area contributed by atoms with Crippen molar-refractivity contribution in [1.29, 1.82) is 0 Å². The number of hydrogen-bond donors (Lipinski definition) is 1. The van der Waals surface area contributed by atoms with Gasteiger partial charge in [-0.1, -0.05) is 96.7 Å². The van der Waals surface area contributed by atoms with Crippen LogP contribution in [-0.2, 0) is 14.2 Å². The van der Waals surface area contributed by atoms with Gasteiger partial charge in [0.05, 0.1) is 6.61 Å². The fourth-order valence-corrected chi connectivity index (χ4v) is 5.72. The maximum absolute atomic E-state index is 11.5. The average molecular weight is 487 g/mol. The average Bonchev–Trinajstić information content (AvgIpc) is 3.12. The fraction of sp³-hybridized carbons (Fsp3) is 0.241. The van der Waals surface area contributed by atoms with Crippen molar-refractivity contribution in [3.8, 4) is 16.9 Å². The highest BCUT2D eigenvalue weighted by atomic mass is 32.2. The Hall–Kier alpha value is -2.87. The van der Waals surface area contributed by atoms with Gasteiger partial charge < -0.3 is 24.1 Å². The number of ether oxygens (including phenoxy) is 4. The molecule has 35 heavy (non-hydrogen) atoms. The first kappa shape index (κ1) is 22.6. The van der Waals surface area contributed by atoms with Crippen molar-refractivity contribution < 1.29 is 24.1 Å². The molecular weight excluding hydrogens is 460 g/mol. The van der Waals surface area contributed by atoms with E-state index in [0.29, 0.717) is 6.61 Å². The molecule has 0 amide bonds. The lowest BCUT2D eigenvalue weighted by atomic mass is 9.98. The minimum atomic E-state index is -0.918. The molecule has 0 saturated carbocycles. The van der Waals surface area contributed by atoms with Gasteiger partial charge in [-0.05, 0) is 23.8 Å². The van der Waals surface area contributed by atoms with Crippen LogP contribution in [-0.4, -0.2) is 41.6 Å². The molecule has 1 unspecified atom stereocenters. The van der Waals surface area contributed by atoms with Gasteiger partial charge in [0.2, 0.25) is 0 Å². The van der Waals surface area contributed by atoms with Crippen molar-refractivity contribution in [3.05, 3.63) is 109 Å². The Morgan fingerprint density at radius 1 is 0.771 bits per heavy atom. The Kier molecular flexibility index (Phi) is 6.46. The van der Waals surface area contributed by atoms with E-state index in [1.54, 1.807) is 0 Å². The van der Waals surface area contributed by atoms with E-state index in [-0.39, 0.29) is 6.10 Å². The molecule has 6 heteroatoms. The number of aliphatic hydroxyl groups excluding tert-OH is 1. The quantitative estimate of drug-likeness (QED) is 0.400. The van der Waals surface area contributed by atoms with Crippen LogP contribution in [0.1, 0.15) is 11.9 Å². The summed E-state index contributed by atoms with van der Waals surface area (Å²) in [4.78, 5) is 1.01. The Bertz CT molecular complexity index is 1220. The predicted molar refractivity (Wildman–Crippen MR) is 134 cm³/mol. The molecule has 5 nitrogen and oxygen atoms in total. The Morgan fingerprint density at radius 3 is 2.29 bits per heavy atom. The molecule has 6 atom stereocenters. The summed E-state index contributed by atoms with van der Waals surface area (Å²) >= 11 is 1.48. The molecule has 2 aromatic rings. The smallest absolute Gasteiger partial charge is 0.184 e. The molecule has 2 aliphatic carbocycles. The summed E-state index contributed by atoms with van der Waals surface area (Å²) in [6.07, 6.45) is -2.98. The van der Waals surface area contributed by atoms with Crippen LogP contribution in [0.3, 0.4) is 0 Å². The fourth-order valence-electron chi connectivity index (χ4n) is 4.64. The molecule has 178 valence electrons. The highest BCUT2D eigenvalue weighted by Crippen LogP contribution is 2.42. The lowest BCUT2D eigenvalue weighted by Crippen LogP contribution is -2.62. The van der Waals surface area contributed by atoms with Crippen molar-refractivity contribution in [3.63, 3.8) is 0 Å². The van der Waals surface area contributed by atoms with E-state index in [4.69, 9.17) is 18.9 Å². The van der Waals surface area contributed by atoms with Gasteiger partial charge in [0.1, 0.15) is 29.5 Å². The van der Waals surface area contributed by atoms with Gasteiger partial charge >= 0.3 is 0 Å². The Balaban J connectivity index is 1.31.